The molecule has 1 unspecified atom stereocenters. The number of nitrogens with zero attached hydrogens (tertiary/aromatic N) is 4. The molecule has 1 fully saturated rings. The van der Waals surface area contributed by atoms with Crippen LogP contribution in [0.4, 0.5) is 0 Å². The van der Waals surface area contributed by atoms with Crippen LogP contribution in [0.2, 0.25) is 0 Å². The molecular weight excluding hydrogens is 238 g/mol. The Morgan fingerprint density at radius 1 is 1.42 bits per heavy atom. The van der Waals surface area contributed by atoms with Crippen LogP contribution in [0, 0.1) is 6.92 Å². The van der Waals surface area contributed by atoms with Gasteiger partial charge in [0.15, 0.2) is 0 Å². The van der Waals surface area contributed by atoms with Gasteiger partial charge < -0.3 is 0 Å². The number of piperidine rings is 1. The molecule has 2 aromatic rings. The fourth-order valence-electron chi connectivity index (χ4n) is 2.96. The standard InChI is InChI=1S/C14H21N5/c1-11-9-15-16-14(11)13-5-3-4-7-19(13)10-12-6-8-18(2)17-12/h6,8-9,13H,3-5,7,10H2,1-2H3,(H,15,16). The molecule has 0 bridgehead atoms. The highest BCUT2D eigenvalue weighted by atomic mass is 15.3. The van der Waals surface area contributed by atoms with Gasteiger partial charge in [-0.05, 0) is 37.9 Å². The first kappa shape index (κ1) is 12.4. The van der Waals surface area contributed by atoms with E-state index in [1.807, 2.05) is 24.1 Å². The first-order valence-electron chi connectivity index (χ1n) is 6.96. The maximum atomic E-state index is 4.49. The van der Waals surface area contributed by atoms with Crippen molar-refractivity contribution >= 4 is 0 Å². The van der Waals surface area contributed by atoms with Gasteiger partial charge in [-0.25, -0.2) is 0 Å². The van der Waals surface area contributed by atoms with E-state index in [-0.39, 0.29) is 0 Å². The first-order valence-corrected chi connectivity index (χ1v) is 6.96. The van der Waals surface area contributed by atoms with E-state index in [0.29, 0.717) is 6.04 Å². The molecule has 1 saturated heterocycles. The quantitative estimate of drug-likeness (QED) is 0.919. The maximum Gasteiger partial charge on any atom is 0.0764 e. The lowest BCUT2D eigenvalue weighted by atomic mass is 9.97. The van der Waals surface area contributed by atoms with Crippen molar-refractivity contribution in [2.75, 3.05) is 6.54 Å². The molecule has 19 heavy (non-hydrogen) atoms. The second-order valence-corrected chi connectivity index (χ2v) is 5.43. The summed E-state index contributed by atoms with van der Waals surface area (Å²) in [6.45, 7) is 4.19. The number of H-pyrrole nitrogens is 1. The molecule has 5 nitrogen and oxygen atoms in total. The van der Waals surface area contributed by atoms with Crippen LogP contribution in [0.5, 0.6) is 0 Å². The van der Waals surface area contributed by atoms with Gasteiger partial charge >= 0.3 is 0 Å². The van der Waals surface area contributed by atoms with E-state index in [9.17, 15) is 0 Å². The van der Waals surface area contributed by atoms with Gasteiger partial charge in [-0.3, -0.25) is 14.7 Å². The van der Waals surface area contributed by atoms with Crippen molar-refractivity contribution < 1.29 is 0 Å². The van der Waals surface area contributed by atoms with Crippen LogP contribution in [-0.4, -0.2) is 31.4 Å². The highest BCUT2D eigenvalue weighted by Gasteiger charge is 2.26. The summed E-state index contributed by atoms with van der Waals surface area (Å²) >= 11 is 0. The lowest BCUT2D eigenvalue weighted by Gasteiger charge is -2.34. The Balaban J connectivity index is 1.79. The number of hydrogen-bond donors (Lipinski definition) is 1. The molecule has 0 amide bonds. The SMILES string of the molecule is Cc1cn[nH]c1C1CCCCN1Cc1ccn(C)n1. The van der Waals surface area contributed by atoms with Gasteiger partial charge in [-0.1, -0.05) is 6.42 Å². The summed E-state index contributed by atoms with van der Waals surface area (Å²) < 4.78 is 1.87. The molecule has 1 aliphatic rings. The van der Waals surface area contributed by atoms with Gasteiger partial charge in [0.1, 0.15) is 0 Å². The minimum Gasteiger partial charge on any atom is -0.289 e. The van der Waals surface area contributed by atoms with Crippen LogP contribution in [0.25, 0.3) is 0 Å². The average molecular weight is 259 g/mol. The molecule has 3 heterocycles. The zero-order chi connectivity index (χ0) is 13.2. The van der Waals surface area contributed by atoms with Crippen LogP contribution in [0.1, 0.15) is 42.3 Å². The largest absolute Gasteiger partial charge is 0.289 e. The molecule has 0 aromatic carbocycles. The van der Waals surface area contributed by atoms with E-state index in [1.54, 1.807) is 0 Å². The van der Waals surface area contributed by atoms with E-state index >= 15 is 0 Å². The molecule has 0 aliphatic carbocycles. The third-order valence-electron chi connectivity index (χ3n) is 3.95. The van der Waals surface area contributed by atoms with Crippen molar-refractivity contribution in [3.63, 3.8) is 0 Å². The Labute approximate surface area is 113 Å². The molecule has 1 atom stereocenters. The number of nitrogens with one attached hydrogen (secondary N) is 1. The number of hydrogen-bond acceptors (Lipinski definition) is 3. The van der Waals surface area contributed by atoms with Crippen molar-refractivity contribution in [1.29, 1.82) is 0 Å². The highest BCUT2D eigenvalue weighted by molar-refractivity contribution is 5.19. The fraction of sp³-hybridized carbons (Fsp3) is 0.571. The Morgan fingerprint density at radius 2 is 2.32 bits per heavy atom. The summed E-state index contributed by atoms with van der Waals surface area (Å²) in [7, 11) is 1.97. The third kappa shape index (κ3) is 2.56. The van der Waals surface area contributed by atoms with E-state index in [4.69, 9.17) is 0 Å². The van der Waals surface area contributed by atoms with Gasteiger partial charge in [0.05, 0.1) is 23.6 Å². The zero-order valence-corrected chi connectivity index (χ0v) is 11.6. The topological polar surface area (TPSA) is 49.7 Å². The molecule has 0 saturated carbocycles. The summed E-state index contributed by atoms with van der Waals surface area (Å²) in [6.07, 6.45) is 7.70. The van der Waals surface area contributed by atoms with Crippen molar-refractivity contribution in [3.05, 3.63) is 35.4 Å². The number of rotatable bonds is 3. The van der Waals surface area contributed by atoms with Gasteiger partial charge in [-0.2, -0.15) is 10.2 Å². The molecule has 5 heteroatoms. The Morgan fingerprint density at radius 3 is 3.00 bits per heavy atom. The van der Waals surface area contributed by atoms with Crippen LogP contribution < -0.4 is 0 Å². The minimum atomic E-state index is 0.457. The molecule has 2 aromatic heterocycles. The Kier molecular flexibility index (Phi) is 3.38. The monoisotopic (exact) mass is 259 g/mol. The van der Waals surface area contributed by atoms with Gasteiger partial charge in [0.25, 0.3) is 0 Å². The van der Waals surface area contributed by atoms with E-state index in [0.717, 1.165) is 18.8 Å². The lowest BCUT2D eigenvalue weighted by molar-refractivity contribution is 0.135. The van der Waals surface area contributed by atoms with E-state index in [2.05, 4.69) is 33.2 Å². The molecule has 3 rings (SSSR count). The van der Waals surface area contributed by atoms with Crippen molar-refractivity contribution in [2.24, 2.45) is 7.05 Å². The number of aromatic amines is 1. The van der Waals surface area contributed by atoms with E-state index < -0.39 is 0 Å². The second-order valence-electron chi connectivity index (χ2n) is 5.43. The molecule has 0 spiro atoms. The smallest absolute Gasteiger partial charge is 0.0764 e. The van der Waals surface area contributed by atoms with E-state index in [1.165, 1.54) is 30.5 Å². The van der Waals surface area contributed by atoms with Crippen LogP contribution in [0.3, 0.4) is 0 Å². The summed E-state index contributed by atoms with van der Waals surface area (Å²) in [5.74, 6) is 0. The molecule has 0 radical (unpaired) electrons. The molecular formula is C14H21N5. The predicted octanol–water partition coefficient (Wildman–Crippen LogP) is 2.18. The van der Waals surface area contributed by atoms with Gasteiger partial charge in [0.2, 0.25) is 0 Å². The maximum absolute atomic E-state index is 4.49. The average Bonchev–Trinajstić information content (AvgIpc) is 2.99. The summed E-state index contributed by atoms with van der Waals surface area (Å²) in [5.41, 5.74) is 3.68. The lowest BCUT2D eigenvalue weighted by Crippen LogP contribution is -2.33. The number of aryl methyl sites for hydroxylation is 2. The van der Waals surface area contributed by atoms with Gasteiger partial charge in [-0.15, -0.1) is 0 Å². The van der Waals surface area contributed by atoms with Gasteiger partial charge in [0, 0.05) is 19.8 Å². The second kappa shape index (κ2) is 5.17. The van der Waals surface area contributed by atoms with Crippen LogP contribution in [0.15, 0.2) is 18.5 Å². The summed E-state index contributed by atoms with van der Waals surface area (Å²) in [5, 5.41) is 11.8. The molecule has 1 aliphatic heterocycles. The normalized spacial score (nSPS) is 20.8. The van der Waals surface area contributed by atoms with Crippen LogP contribution in [-0.2, 0) is 13.6 Å². The van der Waals surface area contributed by atoms with Crippen molar-refractivity contribution in [2.45, 2.75) is 38.8 Å². The Bertz CT molecular complexity index is 542. The fourth-order valence-corrected chi connectivity index (χ4v) is 2.96. The summed E-state index contributed by atoms with van der Waals surface area (Å²) in [6, 6.07) is 2.56. The minimum absolute atomic E-state index is 0.457. The zero-order valence-electron chi connectivity index (χ0n) is 11.6. The summed E-state index contributed by atoms with van der Waals surface area (Å²) in [4.78, 5) is 2.52. The predicted molar refractivity (Wildman–Crippen MR) is 73.5 cm³/mol. The van der Waals surface area contributed by atoms with Crippen molar-refractivity contribution in [3.8, 4) is 0 Å². The number of likely N-dealkylation sites (tertiary alicyclic amines) is 1. The van der Waals surface area contributed by atoms with Crippen LogP contribution >= 0.6 is 0 Å². The highest BCUT2D eigenvalue weighted by Crippen LogP contribution is 2.32. The van der Waals surface area contributed by atoms with Crippen molar-refractivity contribution in [1.82, 2.24) is 24.9 Å². The molecule has 1 N–H and O–H groups in total. The number of aromatic nitrogens is 4. The Hall–Kier alpha value is -1.62. The first-order chi connectivity index (χ1) is 9.24. The third-order valence-corrected chi connectivity index (χ3v) is 3.95. The molecule has 102 valence electrons.